The van der Waals surface area contributed by atoms with E-state index in [-0.39, 0.29) is 24.8 Å². The molecular formula is C7H17Cl2N3O. The second-order valence-corrected chi connectivity index (χ2v) is 2.97. The molecule has 1 fully saturated rings. The van der Waals surface area contributed by atoms with E-state index in [1.165, 1.54) is 0 Å². The summed E-state index contributed by atoms with van der Waals surface area (Å²) in [5, 5.41) is 0. The fraction of sp³-hybridized carbons (Fsp3) is 0.857. The van der Waals surface area contributed by atoms with Gasteiger partial charge in [0.05, 0.1) is 0 Å². The molecule has 0 aromatic carbocycles. The first kappa shape index (κ1) is 15.6. The van der Waals surface area contributed by atoms with Gasteiger partial charge in [-0.3, -0.25) is 4.90 Å². The molecule has 13 heavy (non-hydrogen) atoms. The fourth-order valence-electron chi connectivity index (χ4n) is 1.21. The number of halogens is 2. The Hall–Kier alpha value is 0.130. The van der Waals surface area contributed by atoms with E-state index in [2.05, 4.69) is 11.9 Å². The summed E-state index contributed by atoms with van der Waals surface area (Å²) in [5.41, 5.74) is 5.53. The topological polar surface area (TPSA) is 49.6 Å². The number of nitrogens with zero attached hydrogens (tertiary/aromatic N) is 2. The highest BCUT2D eigenvalue weighted by molar-refractivity contribution is 5.85. The summed E-state index contributed by atoms with van der Waals surface area (Å²) in [5.74, 6) is 0. The molecule has 2 N–H and O–H groups in total. The lowest BCUT2D eigenvalue weighted by Crippen LogP contribution is -2.52. The molecule has 6 heteroatoms. The number of carbonyl (C=O) groups is 1. The van der Waals surface area contributed by atoms with E-state index in [0.29, 0.717) is 0 Å². The van der Waals surface area contributed by atoms with Crippen molar-refractivity contribution in [3.05, 3.63) is 0 Å². The summed E-state index contributed by atoms with van der Waals surface area (Å²) in [7, 11) is 2.07. The lowest BCUT2D eigenvalue weighted by molar-refractivity contribution is -0.112. The Bertz CT molecular complexity index is 140. The predicted octanol–water partition coefficient (Wildman–Crippen LogP) is -0.439. The standard InChI is InChI=1S/C7H15N3O.2ClH/c1-9-2-4-10(5-3-9)7(8)6-11;;/h6-7H,2-5,8H2,1H3;2*1H. The van der Waals surface area contributed by atoms with Crippen molar-refractivity contribution in [1.29, 1.82) is 0 Å². The SMILES string of the molecule is CN1CCN(C(N)C=O)CC1.Cl.Cl. The van der Waals surface area contributed by atoms with Gasteiger partial charge in [-0.05, 0) is 7.05 Å². The van der Waals surface area contributed by atoms with Crippen molar-refractivity contribution in [3.8, 4) is 0 Å². The molecule has 1 aliphatic rings. The Morgan fingerprint density at radius 2 is 1.69 bits per heavy atom. The third kappa shape index (κ3) is 4.78. The second-order valence-electron chi connectivity index (χ2n) is 2.97. The number of likely N-dealkylation sites (N-methyl/N-ethyl adjacent to an activating group) is 1. The molecule has 1 atom stereocenters. The van der Waals surface area contributed by atoms with Gasteiger partial charge in [-0.25, -0.2) is 0 Å². The van der Waals surface area contributed by atoms with Gasteiger partial charge in [0.1, 0.15) is 6.17 Å². The van der Waals surface area contributed by atoms with Gasteiger partial charge in [-0.15, -0.1) is 24.8 Å². The molecule has 1 rings (SSSR count). The molecule has 4 nitrogen and oxygen atoms in total. The quantitative estimate of drug-likeness (QED) is 0.653. The van der Waals surface area contributed by atoms with Crippen molar-refractivity contribution < 1.29 is 4.79 Å². The molecule has 0 radical (unpaired) electrons. The van der Waals surface area contributed by atoms with Crippen molar-refractivity contribution >= 4 is 31.1 Å². The number of rotatable bonds is 2. The van der Waals surface area contributed by atoms with Gasteiger partial charge in [0, 0.05) is 26.2 Å². The Kier molecular flexibility index (Phi) is 9.03. The molecule has 0 bridgehead atoms. The normalized spacial score (nSPS) is 21.1. The highest BCUT2D eigenvalue weighted by atomic mass is 35.5. The number of hydrogen-bond donors (Lipinski definition) is 1. The van der Waals surface area contributed by atoms with Gasteiger partial charge in [0.15, 0.2) is 6.29 Å². The maximum Gasteiger partial charge on any atom is 0.151 e. The summed E-state index contributed by atoms with van der Waals surface area (Å²) < 4.78 is 0. The van der Waals surface area contributed by atoms with Crippen molar-refractivity contribution in [2.45, 2.75) is 6.17 Å². The first-order chi connectivity index (χ1) is 5.24. The van der Waals surface area contributed by atoms with Crippen molar-refractivity contribution in [2.75, 3.05) is 33.2 Å². The average molecular weight is 230 g/mol. The van der Waals surface area contributed by atoms with Gasteiger partial charge < -0.3 is 15.4 Å². The molecule has 1 saturated heterocycles. The highest BCUT2D eigenvalue weighted by Gasteiger charge is 2.18. The van der Waals surface area contributed by atoms with E-state index in [9.17, 15) is 4.79 Å². The number of piperazine rings is 1. The smallest absolute Gasteiger partial charge is 0.151 e. The Morgan fingerprint density at radius 1 is 1.23 bits per heavy atom. The van der Waals surface area contributed by atoms with Crippen LogP contribution in [0.2, 0.25) is 0 Å². The van der Waals surface area contributed by atoms with Crippen LogP contribution < -0.4 is 5.73 Å². The first-order valence-corrected chi connectivity index (χ1v) is 3.87. The summed E-state index contributed by atoms with van der Waals surface area (Å²) in [6.07, 6.45) is 0.398. The number of aldehydes is 1. The minimum Gasteiger partial charge on any atom is -0.310 e. The van der Waals surface area contributed by atoms with Crippen LogP contribution in [-0.4, -0.2) is 55.5 Å². The van der Waals surface area contributed by atoms with Crippen LogP contribution in [0, 0.1) is 0 Å². The number of carbonyl (C=O) groups excluding carboxylic acids is 1. The maximum absolute atomic E-state index is 10.3. The second kappa shape index (κ2) is 7.53. The van der Waals surface area contributed by atoms with Crippen LogP contribution in [0.25, 0.3) is 0 Å². The van der Waals surface area contributed by atoms with E-state index in [1.807, 2.05) is 4.90 Å². The van der Waals surface area contributed by atoms with Crippen LogP contribution in [0.3, 0.4) is 0 Å². The Balaban J connectivity index is 0. The molecule has 0 spiro atoms. The summed E-state index contributed by atoms with van der Waals surface area (Å²) in [6.45, 7) is 3.80. The third-order valence-electron chi connectivity index (χ3n) is 2.10. The van der Waals surface area contributed by atoms with Gasteiger partial charge in [0.2, 0.25) is 0 Å². The molecule has 0 aromatic rings. The third-order valence-corrected chi connectivity index (χ3v) is 2.10. The predicted molar refractivity (Wildman–Crippen MR) is 57.6 cm³/mol. The number of hydrogen-bond acceptors (Lipinski definition) is 4. The zero-order chi connectivity index (χ0) is 8.27. The minimum atomic E-state index is -0.399. The van der Waals surface area contributed by atoms with Crippen LogP contribution in [0.15, 0.2) is 0 Å². The zero-order valence-electron chi connectivity index (χ0n) is 7.68. The van der Waals surface area contributed by atoms with E-state index < -0.39 is 6.17 Å². The Labute approximate surface area is 91.3 Å². The molecule has 1 aliphatic heterocycles. The Morgan fingerprint density at radius 3 is 2.08 bits per heavy atom. The highest BCUT2D eigenvalue weighted by Crippen LogP contribution is 1.99. The molecule has 1 unspecified atom stereocenters. The first-order valence-electron chi connectivity index (χ1n) is 3.87. The maximum atomic E-state index is 10.3. The van der Waals surface area contributed by atoms with Crippen molar-refractivity contribution in [3.63, 3.8) is 0 Å². The van der Waals surface area contributed by atoms with Crippen LogP contribution in [0.4, 0.5) is 0 Å². The summed E-state index contributed by atoms with van der Waals surface area (Å²) >= 11 is 0. The van der Waals surface area contributed by atoms with Gasteiger partial charge >= 0.3 is 0 Å². The monoisotopic (exact) mass is 229 g/mol. The van der Waals surface area contributed by atoms with E-state index in [4.69, 9.17) is 5.73 Å². The van der Waals surface area contributed by atoms with Gasteiger partial charge in [-0.1, -0.05) is 0 Å². The molecular weight excluding hydrogens is 213 g/mol. The lowest BCUT2D eigenvalue weighted by atomic mass is 10.3. The molecule has 0 amide bonds. The molecule has 0 aromatic heterocycles. The molecule has 1 heterocycles. The lowest BCUT2D eigenvalue weighted by Gasteiger charge is -2.33. The van der Waals surface area contributed by atoms with Gasteiger partial charge in [-0.2, -0.15) is 0 Å². The summed E-state index contributed by atoms with van der Waals surface area (Å²) in [4.78, 5) is 14.5. The van der Waals surface area contributed by atoms with E-state index in [1.54, 1.807) is 0 Å². The average Bonchev–Trinajstić information content (AvgIpc) is 2.05. The van der Waals surface area contributed by atoms with Crippen LogP contribution in [0.1, 0.15) is 0 Å². The molecule has 0 saturated carbocycles. The van der Waals surface area contributed by atoms with Gasteiger partial charge in [0.25, 0.3) is 0 Å². The van der Waals surface area contributed by atoms with Crippen molar-refractivity contribution in [1.82, 2.24) is 9.80 Å². The van der Waals surface area contributed by atoms with Crippen LogP contribution in [0.5, 0.6) is 0 Å². The summed E-state index contributed by atoms with van der Waals surface area (Å²) in [6, 6.07) is 0. The van der Waals surface area contributed by atoms with E-state index in [0.717, 1.165) is 32.5 Å². The minimum absolute atomic E-state index is 0. The molecule has 0 aliphatic carbocycles. The van der Waals surface area contributed by atoms with Crippen molar-refractivity contribution in [2.24, 2.45) is 5.73 Å². The number of nitrogens with two attached hydrogens (primary N) is 1. The molecule has 80 valence electrons. The van der Waals surface area contributed by atoms with E-state index >= 15 is 0 Å². The largest absolute Gasteiger partial charge is 0.310 e. The zero-order valence-corrected chi connectivity index (χ0v) is 9.31. The van der Waals surface area contributed by atoms with Crippen LogP contribution in [-0.2, 0) is 4.79 Å². The fourth-order valence-corrected chi connectivity index (χ4v) is 1.21. The van der Waals surface area contributed by atoms with Crippen LogP contribution >= 0.6 is 24.8 Å².